The summed E-state index contributed by atoms with van der Waals surface area (Å²) >= 11 is 5.11. The highest BCUT2D eigenvalue weighted by Crippen LogP contribution is 2.24. The molecule has 2 aromatic rings. The fraction of sp³-hybridized carbons (Fsp3) is 0.286. The minimum atomic E-state index is -0.368. The van der Waals surface area contributed by atoms with Gasteiger partial charge >= 0.3 is 0 Å². The van der Waals surface area contributed by atoms with Crippen LogP contribution in [0.4, 0.5) is 15.9 Å². The van der Waals surface area contributed by atoms with Gasteiger partial charge in [0.25, 0.3) is 0 Å². The lowest BCUT2D eigenvalue weighted by molar-refractivity contribution is 0.331. The number of halogens is 1. The Morgan fingerprint density at radius 2 is 1.95 bits per heavy atom. The molecule has 0 unspecified atom stereocenters. The van der Waals surface area contributed by atoms with Gasteiger partial charge in [-0.3, -0.25) is 0 Å². The fourth-order valence-electron chi connectivity index (χ4n) is 1.52. The summed E-state index contributed by atoms with van der Waals surface area (Å²) in [5.41, 5.74) is 0.178. The summed E-state index contributed by atoms with van der Waals surface area (Å²) in [6.45, 7) is 6.06. The van der Waals surface area contributed by atoms with Crippen molar-refractivity contribution in [2.24, 2.45) is 0 Å². The first kappa shape index (κ1) is 14.5. The average molecular weight is 293 g/mol. The summed E-state index contributed by atoms with van der Waals surface area (Å²) in [4.78, 5) is 0. The van der Waals surface area contributed by atoms with Crippen molar-refractivity contribution in [2.45, 2.75) is 26.2 Å². The minimum absolute atomic E-state index is 0.131. The first-order valence-corrected chi connectivity index (χ1v) is 6.57. The van der Waals surface area contributed by atoms with Gasteiger partial charge in [-0.2, -0.15) is 0 Å². The van der Waals surface area contributed by atoms with Gasteiger partial charge in [0.15, 0.2) is 10.9 Å². The van der Waals surface area contributed by atoms with Gasteiger partial charge in [0, 0.05) is 11.5 Å². The molecule has 6 heteroatoms. The maximum atomic E-state index is 13.5. The molecule has 0 aliphatic rings. The van der Waals surface area contributed by atoms with Gasteiger partial charge in [0.1, 0.15) is 11.6 Å². The highest BCUT2D eigenvalue weighted by molar-refractivity contribution is 7.80. The lowest BCUT2D eigenvalue weighted by Crippen LogP contribution is -2.20. The number of benzene rings is 1. The number of hydrogen-bond donors (Lipinski definition) is 2. The molecule has 0 radical (unpaired) electrons. The maximum absolute atomic E-state index is 13.5. The van der Waals surface area contributed by atoms with E-state index in [0.29, 0.717) is 11.5 Å². The monoisotopic (exact) mass is 293 g/mol. The standard InChI is InChI=1S/C14H16FN3OS/c1-14(2,3)11-8-12(18-19-11)17-13(20)16-10-7-5-4-6-9(10)15/h4-8H,1-3H3,(H2,16,17,18,20). The predicted molar refractivity (Wildman–Crippen MR) is 81.4 cm³/mol. The predicted octanol–water partition coefficient (Wildman–Crippen LogP) is 3.92. The summed E-state index contributed by atoms with van der Waals surface area (Å²) < 4.78 is 18.7. The van der Waals surface area contributed by atoms with Crippen LogP contribution in [0.25, 0.3) is 0 Å². The molecule has 0 saturated carbocycles. The van der Waals surface area contributed by atoms with Crippen LogP contribution in [0.2, 0.25) is 0 Å². The van der Waals surface area contributed by atoms with E-state index in [1.165, 1.54) is 6.07 Å². The summed E-state index contributed by atoms with van der Waals surface area (Å²) in [5.74, 6) is 0.865. The number of rotatable bonds is 2. The molecular formula is C14H16FN3OS. The summed E-state index contributed by atoms with van der Waals surface area (Å²) in [7, 11) is 0. The van der Waals surface area contributed by atoms with Crippen LogP contribution in [-0.4, -0.2) is 10.3 Å². The number of hydrogen-bond acceptors (Lipinski definition) is 3. The zero-order valence-electron chi connectivity index (χ0n) is 11.5. The number of nitrogens with zero attached hydrogens (tertiary/aromatic N) is 1. The molecule has 0 bridgehead atoms. The van der Waals surface area contributed by atoms with E-state index in [9.17, 15) is 4.39 Å². The van der Waals surface area contributed by atoms with Crippen LogP contribution in [0.15, 0.2) is 34.9 Å². The van der Waals surface area contributed by atoms with Gasteiger partial charge in [-0.25, -0.2) is 4.39 Å². The molecule has 2 rings (SSSR count). The largest absolute Gasteiger partial charge is 0.359 e. The lowest BCUT2D eigenvalue weighted by Gasteiger charge is -2.12. The zero-order chi connectivity index (χ0) is 14.8. The van der Waals surface area contributed by atoms with E-state index in [-0.39, 0.29) is 16.3 Å². The molecule has 4 nitrogen and oxygen atoms in total. The molecule has 1 aromatic heterocycles. The van der Waals surface area contributed by atoms with E-state index in [0.717, 1.165) is 5.76 Å². The Hall–Kier alpha value is -1.95. The van der Waals surface area contributed by atoms with E-state index < -0.39 is 0 Å². The van der Waals surface area contributed by atoms with E-state index in [1.54, 1.807) is 24.3 Å². The number of aromatic nitrogens is 1. The van der Waals surface area contributed by atoms with Gasteiger partial charge in [0.2, 0.25) is 0 Å². The quantitative estimate of drug-likeness (QED) is 0.822. The number of thiocarbonyl (C=S) groups is 1. The molecule has 0 spiro atoms. The first-order chi connectivity index (χ1) is 9.36. The lowest BCUT2D eigenvalue weighted by atomic mass is 9.93. The topological polar surface area (TPSA) is 50.1 Å². The Bertz CT molecular complexity index is 619. The third kappa shape index (κ3) is 3.54. The van der Waals surface area contributed by atoms with Crippen LogP contribution in [0.5, 0.6) is 0 Å². The van der Waals surface area contributed by atoms with E-state index in [1.807, 2.05) is 20.8 Å². The fourth-order valence-corrected chi connectivity index (χ4v) is 1.73. The Balaban J connectivity index is 2.02. The number of nitrogens with one attached hydrogen (secondary N) is 2. The second-order valence-electron chi connectivity index (χ2n) is 5.39. The number of para-hydroxylation sites is 1. The summed E-state index contributed by atoms with van der Waals surface area (Å²) in [6.07, 6.45) is 0. The van der Waals surface area contributed by atoms with Crippen molar-refractivity contribution in [3.05, 3.63) is 41.9 Å². The highest BCUT2D eigenvalue weighted by Gasteiger charge is 2.19. The van der Waals surface area contributed by atoms with Crippen molar-refractivity contribution < 1.29 is 8.91 Å². The molecule has 20 heavy (non-hydrogen) atoms. The minimum Gasteiger partial charge on any atom is -0.359 e. The van der Waals surface area contributed by atoms with Crippen molar-refractivity contribution >= 4 is 28.8 Å². The van der Waals surface area contributed by atoms with Crippen LogP contribution in [-0.2, 0) is 5.41 Å². The maximum Gasteiger partial charge on any atom is 0.176 e. The molecule has 0 amide bonds. The second-order valence-corrected chi connectivity index (χ2v) is 5.79. The van der Waals surface area contributed by atoms with Crippen molar-refractivity contribution in [3.8, 4) is 0 Å². The molecule has 1 aromatic carbocycles. The van der Waals surface area contributed by atoms with Crippen molar-refractivity contribution in [1.82, 2.24) is 5.16 Å². The van der Waals surface area contributed by atoms with Crippen LogP contribution in [0.3, 0.4) is 0 Å². The zero-order valence-corrected chi connectivity index (χ0v) is 12.3. The third-order valence-electron chi connectivity index (χ3n) is 2.61. The van der Waals surface area contributed by atoms with Crippen LogP contribution >= 0.6 is 12.2 Å². The van der Waals surface area contributed by atoms with Gasteiger partial charge in [-0.1, -0.05) is 38.1 Å². The Morgan fingerprint density at radius 1 is 1.25 bits per heavy atom. The summed E-state index contributed by atoms with van der Waals surface area (Å²) in [5, 5.41) is 9.76. The Morgan fingerprint density at radius 3 is 2.55 bits per heavy atom. The molecule has 0 atom stereocenters. The third-order valence-corrected chi connectivity index (χ3v) is 2.82. The molecule has 0 fully saturated rings. The van der Waals surface area contributed by atoms with E-state index >= 15 is 0 Å². The van der Waals surface area contributed by atoms with E-state index in [2.05, 4.69) is 15.8 Å². The number of anilines is 2. The molecule has 0 aliphatic carbocycles. The smallest absolute Gasteiger partial charge is 0.176 e. The molecule has 0 saturated heterocycles. The molecular weight excluding hydrogens is 277 g/mol. The van der Waals surface area contributed by atoms with Crippen molar-refractivity contribution in [1.29, 1.82) is 0 Å². The van der Waals surface area contributed by atoms with E-state index in [4.69, 9.17) is 16.7 Å². The highest BCUT2D eigenvalue weighted by atomic mass is 32.1. The normalized spacial score (nSPS) is 11.2. The van der Waals surface area contributed by atoms with Gasteiger partial charge in [0.05, 0.1) is 5.69 Å². The summed E-state index contributed by atoms with van der Waals surface area (Å²) in [6, 6.07) is 8.08. The van der Waals surface area contributed by atoms with Crippen molar-refractivity contribution in [2.75, 3.05) is 10.6 Å². The Labute approximate surface area is 122 Å². The van der Waals surface area contributed by atoms with Gasteiger partial charge in [-0.05, 0) is 24.4 Å². The van der Waals surface area contributed by atoms with Crippen molar-refractivity contribution in [3.63, 3.8) is 0 Å². The van der Waals surface area contributed by atoms with Crippen LogP contribution in [0, 0.1) is 5.82 Å². The second kappa shape index (κ2) is 5.58. The first-order valence-electron chi connectivity index (χ1n) is 6.16. The molecule has 2 N–H and O–H groups in total. The Kier molecular flexibility index (Phi) is 4.04. The van der Waals surface area contributed by atoms with Crippen LogP contribution < -0.4 is 10.6 Å². The molecule has 1 heterocycles. The van der Waals surface area contributed by atoms with Gasteiger partial charge in [-0.15, -0.1) is 0 Å². The average Bonchev–Trinajstić information content (AvgIpc) is 2.80. The molecule has 0 aliphatic heterocycles. The SMILES string of the molecule is CC(C)(C)c1cc(NC(=S)Nc2ccccc2F)no1. The van der Waals surface area contributed by atoms with Gasteiger partial charge < -0.3 is 15.2 Å². The van der Waals surface area contributed by atoms with Crippen LogP contribution in [0.1, 0.15) is 26.5 Å². The molecule has 106 valence electrons.